The molecule has 3 aromatic carbocycles. The molecule has 0 saturated carbocycles. The average Bonchev–Trinajstić information content (AvgIpc) is 3.17. The average molecular weight is 420 g/mol. The molecule has 1 fully saturated rings. The Morgan fingerprint density at radius 3 is 2.63 bits per heavy atom. The van der Waals surface area contributed by atoms with E-state index in [1.165, 1.54) is 17.7 Å². The monoisotopic (exact) mass is 419 g/mol. The van der Waals surface area contributed by atoms with Crippen LogP contribution in [0, 0.1) is 0 Å². The molecule has 2 N–H and O–H groups in total. The van der Waals surface area contributed by atoms with Crippen LogP contribution in [-0.4, -0.2) is 33.5 Å². The van der Waals surface area contributed by atoms with Crippen molar-refractivity contribution in [2.45, 2.75) is 6.54 Å². The van der Waals surface area contributed by atoms with E-state index in [1.54, 1.807) is 17.8 Å². The van der Waals surface area contributed by atoms with Crippen LogP contribution < -0.4 is 4.74 Å². The van der Waals surface area contributed by atoms with Crippen LogP contribution in [0.3, 0.4) is 0 Å². The molecule has 0 bridgehead atoms. The number of aromatic carboxylic acids is 1. The molecule has 6 heteroatoms. The van der Waals surface area contributed by atoms with Crippen LogP contribution in [0.15, 0.2) is 77.7 Å². The van der Waals surface area contributed by atoms with Crippen molar-refractivity contribution in [2.24, 2.45) is 0 Å². The minimum Gasteiger partial charge on any atom is -0.507 e. The van der Waals surface area contributed by atoms with Gasteiger partial charge in [-0.05, 0) is 53.6 Å². The zero-order chi connectivity index (χ0) is 20.9. The van der Waals surface area contributed by atoms with Crippen LogP contribution in [0.4, 0.5) is 0 Å². The first-order valence-corrected chi connectivity index (χ1v) is 10.5. The molecule has 1 saturated heterocycles. The van der Waals surface area contributed by atoms with E-state index in [0.29, 0.717) is 0 Å². The number of rotatable bonds is 6. The number of carbonyl (C=O) groups is 1. The summed E-state index contributed by atoms with van der Waals surface area (Å²) in [7, 11) is 0. The highest BCUT2D eigenvalue weighted by Gasteiger charge is 2.18. The first-order valence-electron chi connectivity index (χ1n) is 9.51. The van der Waals surface area contributed by atoms with Crippen molar-refractivity contribution in [3.8, 4) is 17.2 Å². The summed E-state index contributed by atoms with van der Waals surface area (Å²) >= 11 is 1.74. The molecule has 0 atom stereocenters. The van der Waals surface area contributed by atoms with Crippen molar-refractivity contribution in [3.63, 3.8) is 0 Å². The van der Waals surface area contributed by atoms with Gasteiger partial charge in [0.2, 0.25) is 0 Å². The molecule has 30 heavy (non-hydrogen) atoms. The second kappa shape index (κ2) is 9.07. The van der Waals surface area contributed by atoms with Gasteiger partial charge >= 0.3 is 5.97 Å². The fourth-order valence-corrected chi connectivity index (χ4v) is 4.29. The predicted molar refractivity (Wildman–Crippen MR) is 119 cm³/mol. The van der Waals surface area contributed by atoms with E-state index >= 15 is 0 Å². The van der Waals surface area contributed by atoms with E-state index in [4.69, 9.17) is 9.84 Å². The maximum Gasteiger partial charge on any atom is 0.339 e. The summed E-state index contributed by atoms with van der Waals surface area (Å²) in [6.07, 6.45) is 1.98. The first kappa shape index (κ1) is 20.1. The van der Waals surface area contributed by atoms with Crippen LogP contribution in [0.5, 0.6) is 17.2 Å². The molecule has 152 valence electrons. The van der Waals surface area contributed by atoms with Gasteiger partial charge in [0.15, 0.2) is 0 Å². The Morgan fingerprint density at radius 2 is 1.83 bits per heavy atom. The van der Waals surface area contributed by atoms with Crippen molar-refractivity contribution in [1.82, 2.24) is 4.90 Å². The summed E-state index contributed by atoms with van der Waals surface area (Å²) in [5.41, 5.74) is 1.86. The van der Waals surface area contributed by atoms with Gasteiger partial charge in [0.25, 0.3) is 0 Å². The molecule has 0 radical (unpaired) electrons. The second-order valence-electron chi connectivity index (χ2n) is 7.02. The van der Waals surface area contributed by atoms with Crippen LogP contribution in [-0.2, 0) is 6.54 Å². The van der Waals surface area contributed by atoms with Crippen molar-refractivity contribution in [2.75, 3.05) is 12.4 Å². The number of aromatic hydroxyl groups is 1. The number of ether oxygens (including phenoxy) is 1. The van der Waals surface area contributed by atoms with E-state index in [0.717, 1.165) is 40.9 Å². The number of hydrogen-bond donors (Lipinski definition) is 2. The summed E-state index contributed by atoms with van der Waals surface area (Å²) in [4.78, 5) is 14.7. The second-order valence-corrected chi connectivity index (χ2v) is 8.09. The van der Waals surface area contributed by atoms with Crippen molar-refractivity contribution < 1.29 is 19.7 Å². The Balaban J connectivity index is 1.41. The number of hydrogen-bond acceptors (Lipinski definition) is 5. The van der Waals surface area contributed by atoms with Crippen LogP contribution in [0.1, 0.15) is 21.5 Å². The highest BCUT2D eigenvalue weighted by molar-refractivity contribution is 8.03. The van der Waals surface area contributed by atoms with Gasteiger partial charge < -0.3 is 14.9 Å². The van der Waals surface area contributed by atoms with Gasteiger partial charge in [0, 0.05) is 23.9 Å². The molecule has 4 rings (SSSR count). The van der Waals surface area contributed by atoms with Crippen LogP contribution in [0.2, 0.25) is 0 Å². The van der Waals surface area contributed by atoms with Crippen molar-refractivity contribution in [1.29, 1.82) is 0 Å². The number of carboxylic acids is 1. The highest BCUT2D eigenvalue weighted by Crippen LogP contribution is 2.31. The summed E-state index contributed by atoms with van der Waals surface area (Å²) in [6, 6.07) is 22.4. The lowest BCUT2D eigenvalue weighted by Crippen LogP contribution is -2.18. The maximum absolute atomic E-state index is 11.2. The van der Waals surface area contributed by atoms with E-state index in [1.807, 2.05) is 48.5 Å². The lowest BCUT2D eigenvalue weighted by molar-refractivity contribution is 0.0693. The van der Waals surface area contributed by atoms with Crippen molar-refractivity contribution in [3.05, 3.63) is 94.4 Å². The lowest BCUT2D eigenvalue weighted by Gasteiger charge is -2.14. The van der Waals surface area contributed by atoms with Crippen LogP contribution >= 0.6 is 11.8 Å². The van der Waals surface area contributed by atoms with E-state index < -0.39 is 5.97 Å². The number of para-hydroxylation sites is 1. The van der Waals surface area contributed by atoms with Gasteiger partial charge in [-0.2, -0.15) is 0 Å². The van der Waals surface area contributed by atoms with Crippen LogP contribution in [0.25, 0.3) is 6.08 Å². The number of thioether (sulfide) groups is 1. The molecular formula is C24H21NO4S. The molecular weight excluding hydrogens is 398 g/mol. The molecule has 3 aromatic rings. The molecule has 0 aliphatic carbocycles. The van der Waals surface area contributed by atoms with Gasteiger partial charge in [-0.1, -0.05) is 36.4 Å². The largest absolute Gasteiger partial charge is 0.507 e. The Morgan fingerprint density at radius 1 is 1.03 bits per heavy atom. The first-order chi connectivity index (χ1) is 14.6. The molecule has 1 heterocycles. The number of nitrogens with zero attached hydrogens (tertiary/aromatic N) is 1. The third-order valence-corrected chi connectivity index (χ3v) is 5.79. The van der Waals surface area contributed by atoms with Gasteiger partial charge in [-0.25, -0.2) is 4.79 Å². The van der Waals surface area contributed by atoms with Crippen molar-refractivity contribution >= 4 is 23.8 Å². The molecule has 1 aliphatic heterocycles. The molecule has 5 nitrogen and oxygen atoms in total. The van der Waals surface area contributed by atoms with E-state index in [-0.39, 0.29) is 11.3 Å². The van der Waals surface area contributed by atoms with Gasteiger partial charge in [0.1, 0.15) is 22.8 Å². The Kier molecular flexibility index (Phi) is 6.07. The fraction of sp³-hybridized carbons (Fsp3) is 0.125. The lowest BCUT2D eigenvalue weighted by atomic mass is 10.1. The SMILES string of the molecule is O=C(O)c1cc(C=C2CN(Cc3cccc(Oc4ccccc4)c3)CS2)ccc1O. The molecule has 0 aromatic heterocycles. The smallest absolute Gasteiger partial charge is 0.339 e. The Hall–Kier alpha value is -3.22. The van der Waals surface area contributed by atoms with Gasteiger partial charge in [0.05, 0.1) is 0 Å². The number of benzene rings is 3. The highest BCUT2D eigenvalue weighted by atomic mass is 32.2. The Bertz CT molecular complexity index is 1080. The molecule has 0 spiro atoms. The summed E-state index contributed by atoms with van der Waals surface area (Å²) in [6.45, 7) is 1.59. The van der Waals surface area contributed by atoms with E-state index in [2.05, 4.69) is 17.0 Å². The molecule has 0 amide bonds. The quantitative estimate of drug-likeness (QED) is 0.555. The van der Waals surface area contributed by atoms with E-state index in [9.17, 15) is 9.90 Å². The summed E-state index contributed by atoms with van der Waals surface area (Å²) < 4.78 is 5.92. The number of carboxylic acid groups (broad SMARTS) is 1. The molecule has 1 aliphatic rings. The third-order valence-electron chi connectivity index (χ3n) is 4.67. The standard InChI is InChI=1S/C24H21NO4S/c26-23-10-9-17(13-22(23)24(27)28)12-21-15-25(16-30-21)14-18-5-4-8-20(11-18)29-19-6-2-1-3-7-19/h1-13,26H,14-16H2,(H,27,28). The third kappa shape index (κ3) is 5.03. The number of phenols is 1. The predicted octanol–water partition coefficient (Wildman–Crippen LogP) is 5.43. The minimum absolute atomic E-state index is 0.0839. The fourth-order valence-electron chi connectivity index (χ4n) is 3.27. The van der Waals surface area contributed by atoms with Gasteiger partial charge in [-0.3, -0.25) is 4.90 Å². The normalized spacial score (nSPS) is 15.4. The summed E-state index contributed by atoms with van der Waals surface area (Å²) in [5.74, 6) is 1.13. The minimum atomic E-state index is -1.13. The topological polar surface area (TPSA) is 70.0 Å². The zero-order valence-corrected chi connectivity index (χ0v) is 17.0. The van der Waals surface area contributed by atoms with Gasteiger partial charge in [-0.15, -0.1) is 11.8 Å². The summed E-state index contributed by atoms with van der Waals surface area (Å²) in [5, 5.41) is 18.8. The zero-order valence-electron chi connectivity index (χ0n) is 16.2. The Labute approximate surface area is 179 Å². The maximum atomic E-state index is 11.2. The molecule has 0 unspecified atom stereocenters.